The molecular weight excluding hydrogens is 218 g/mol. The summed E-state index contributed by atoms with van der Waals surface area (Å²) in [5.41, 5.74) is -0.258. The predicted octanol–water partition coefficient (Wildman–Crippen LogP) is -0.402. The molecule has 1 rings (SSSR count). The molecule has 7 heteroatoms. The summed E-state index contributed by atoms with van der Waals surface area (Å²) in [5, 5.41) is 24.5. The minimum atomic E-state index is -0.789. The Kier molecular flexibility index (Phi) is 4.37. The number of aliphatic hydroxyl groups is 2. The van der Waals surface area contributed by atoms with Crippen LogP contribution >= 0.6 is 11.8 Å². The van der Waals surface area contributed by atoms with E-state index in [1.807, 2.05) is 13.8 Å². The number of H-pyrrole nitrogens is 1. The van der Waals surface area contributed by atoms with E-state index in [0.717, 1.165) is 0 Å². The van der Waals surface area contributed by atoms with Gasteiger partial charge in [-0.15, -0.1) is 5.10 Å². The number of hydrogen-bond acceptors (Lipinski definition) is 5. The molecule has 3 N–H and O–H groups in total. The largest absolute Gasteiger partial charge is 0.394 e. The van der Waals surface area contributed by atoms with Gasteiger partial charge in [0.1, 0.15) is 0 Å². The van der Waals surface area contributed by atoms with Crippen LogP contribution in [0.5, 0.6) is 0 Å². The third-order valence-corrected chi connectivity index (χ3v) is 2.90. The highest BCUT2D eigenvalue weighted by atomic mass is 32.2. The number of nitrogens with zero attached hydrogens (tertiary/aromatic N) is 2. The third-order valence-electron chi connectivity index (χ3n) is 1.80. The summed E-state index contributed by atoms with van der Waals surface area (Å²) in [6.07, 6.45) is -0.789. The van der Waals surface area contributed by atoms with Gasteiger partial charge in [-0.1, -0.05) is 11.8 Å². The van der Waals surface area contributed by atoms with Crippen molar-refractivity contribution in [2.75, 3.05) is 12.4 Å². The summed E-state index contributed by atoms with van der Waals surface area (Å²) in [5.74, 6) is 0.313. The molecule has 1 aromatic heterocycles. The number of aliphatic hydroxyl groups excluding tert-OH is 2. The molecular formula is C8H15N3O3S. The maximum Gasteiger partial charge on any atom is 0.344 e. The van der Waals surface area contributed by atoms with E-state index in [2.05, 4.69) is 10.2 Å². The van der Waals surface area contributed by atoms with E-state index in [4.69, 9.17) is 10.2 Å². The van der Waals surface area contributed by atoms with E-state index in [1.165, 1.54) is 16.3 Å². The normalized spacial score (nSPS) is 13.4. The van der Waals surface area contributed by atoms with Crippen molar-refractivity contribution in [1.29, 1.82) is 0 Å². The molecule has 0 aliphatic heterocycles. The third kappa shape index (κ3) is 3.08. The lowest BCUT2D eigenvalue weighted by atomic mass is 10.4. The number of aromatic nitrogens is 3. The van der Waals surface area contributed by atoms with Gasteiger partial charge in [0.15, 0.2) is 5.16 Å². The molecule has 0 aliphatic rings. The maximum atomic E-state index is 11.3. The SMILES string of the molecule is CC(C)n1c(SCC(O)CO)n[nH]c1=O. The molecule has 1 unspecified atom stereocenters. The minimum absolute atomic E-state index is 0.0185. The van der Waals surface area contributed by atoms with Crippen LogP contribution in [-0.4, -0.2) is 43.4 Å². The molecule has 0 amide bonds. The predicted molar refractivity (Wildman–Crippen MR) is 57.0 cm³/mol. The molecule has 0 spiro atoms. The molecule has 1 aromatic rings. The second-order valence-corrected chi connectivity index (χ2v) is 4.41. The number of thioether (sulfide) groups is 1. The summed E-state index contributed by atoms with van der Waals surface area (Å²) >= 11 is 1.24. The van der Waals surface area contributed by atoms with E-state index >= 15 is 0 Å². The molecule has 15 heavy (non-hydrogen) atoms. The van der Waals surface area contributed by atoms with Gasteiger partial charge in [-0.25, -0.2) is 9.89 Å². The Morgan fingerprint density at radius 2 is 2.27 bits per heavy atom. The first kappa shape index (κ1) is 12.3. The van der Waals surface area contributed by atoms with Crippen LogP contribution in [0.3, 0.4) is 0 Å². The van der Waals surface area contributed by atoms with Crippen molar-refractivity contribution in [1.82, 2.24) is 14.8 Å². The fourth-order valence-electron chi connectivity index (χ4n) is 1.07. The summed E-state index contributed by atoms with van der Waals surface area (Å²) in [6.45, 7) is 3.47. The summed E-state index contributed by atoms with van der Waals surface area (Å²) in [4.78, 5) is 11.3. The minimum Gasteiger partial charge on any atom is -0.394 e. The molecule has 0 saturated heterocycles. The number of aromatic amines is 1. The lowest BCUT2D eigenvalue weighted by molar-refractivity contribution is 0.113. The van der Waals surface area contributed by atoms with Crippen LogP contribution in [0.1, 0.15) is 19.9 Å². The summed E-state index contributed by atoms with van der Waals surface area (Å²) < 4.78 is 1.51. The zero-order chi connectivity index (χ0) is 11.4. The van der Waals surface area contributed by atoms with Crippen molar-refractivity contribution in [2.24, 2.45) is 0 Å². The lowest BCUT2D eigenvalue weighted by Gasteiger charge is -2.09. The highest BCUT2D eigenvalue weighted by Crippen LogP contribution is 2.17. The number of hydrogen-bond donors (Lipinski definition) is 3. The van der Waals surface area contributed by atoms with Crippen molar-refractivity contribution >= 4 is 11.8 Å². The lowest BCUT2D eigenvalue weighted by Crippen LogP contribution is -2.20. The molecule has 1 heterocycles. The van der Waals surface area contributed by atoms with Crippen molar-refractivity contribution < 1.29 is 10.2 Å². The van der Waals surface area contributed by atoms with Crippen LogP contribution in [0.15, 0.2) is 9.95 Å². The van der Waals surface area contributed by atoms with Gasteiger partial charge in [0, 0.05) is 11.8 Å². The molecule has 0 aromatic carbocycles. The Balaban J connectivity index is 2.73. The fraction of sp³-hybridized carbons (Fsp3) is 0.750. The standard InChI is InChI=1S/C8H15N3O3S/c1-5(2)11-7(14)9-10-8(11)15-4-6(13)3-12/h5-6,12-13H,3-4H2,1-2H3,(H,9,14). The molecule has 6 nitrogen and oxygen atoms in total. The highest BCUT2D eigenvalue weighted by molar-refractivity contribution is 7.99. The van der Waals surface area contributed by atoms with Crippen molar-refractivity contribution in [3.8, 4) is 0 Å². The van der Waals surface area contributed by atoms with Gasteiger partial charge in [-0.2, -0.15) is 0 Å². The molecule has 1 atom stereocenters. The number of nitrogens with one attached hydrogen (secondary N) is 1. The fourth-order valence-corrected chi connectivity index (χ4v) is 2.06. The van der Waals surface area contributed by atoms with Crippen LogP contribution in [0.25, 0.3) is 0 Å². The molecule has 0 fully saturated rings. The maximum absolute atomic E-state index is 11.3. The zero-order valence-electron chi connectivity index (χ0n) is 8.67. The number of rotatable bonds is 5. The first-order valence-corrected chi connectivity index (χ1v) is 5.63. The summed E-state index contributed by atoms with van der Waals surface area (Å²) in [7, 11) is 0. The monoisotopic (exact) mass is 233 g/mol. The van der Waals surface area contributed by atoms with Crippen LogP contribution in [0.2, 0.25) is 0 Å². The average molecular weight is 233 g/mol. The van der Waals surface area contributed by atoms with Crippen LogP contribution in [0, 0.1) is 0 Å². The van der Waals surface area contributed by atoms with Crippen LogP contribution < -0.4 is 5.69 Å². The van der Waals surface area contributed by atoms with Gasteiger partial charge in [0.25, 0.3) is 0 Å². The topological polar surface area (TPSA) is 91.1 Å². The van der Waals surface area contributed by atoms with Gasteiger partial charge in [0.2, 0.25) is 0 Å². The van der Waals surface area contributed by atoms with Crippen molar-refractivity contribution in [2.45, 2.75) is 31.1 Å². The van der Waals surface area contributed by atoms with E-state index in [1.54, 1.807) is 0 Å². The Bertz CT molecular complexity index is 360. The van der Waals surface area contributed by atoms with Crippen molar-refractivity contribution in [3.63, 3.8) is 0 Å². The molecule has 0 bridgehead atoms. The Labute approximate surface area is 91.3 Å². The molecule has 0 radical (unpaired) electrons. The van der Waals surface area contributed by atoms with E-state index in [-0.39, 0.29) is 18.3 Å². The first-order chi connectivity index (χ1) is 7.06. The Hall–Kier alpha value is -0.790. The van der Waals surface area contributed by atoms with Crippen LogP contribution in [0.4, 0.5) is 0 Å². The zero-order valence-corrected chi connectivity index (χ0v) is 9.49. The van der Waals surface area contributed by atoms with Crippen LogP contribution in [-0.2, 0) is 0 Å². The molecule has 86 valence electrons. The van der Waals surface area contributed by atoms with Gasteiger partial charge in [-0.05, 0) is 13.8 Å². The Morgan fingerprint density at radius 1 is 1.60 bits per heavy atom. The van der Waals surface area contributed by atoms with Gasteiger partial charge >= 0.3 is 5.69 Å². The quantitative estimate of drug-likeness (QED) is 0.602. The molecule has 0 saturated carbocycles. The van der Waals surface area contributed by atoms with Gasteiger partial charge in [0.05, 0.1) is 12.7 Å². The van der Waals surface area contributed by atoms with Gasteiger partial charge in [-0.3, -0.25) is 4.57 Å². The second-order valence-electron chi connectivity index (χ2n) is 3.42. The van der Waals surface area contributed by atoms with E-state index in [9.17, 15) is 4.79 Å². The first-order valence-electron chi connectivity index (χ1n) is 4.65. The van der Waals surface area contributed by atoms with E-state index < -0.39 is 6.10 Å². The summed E-state index contributed by atoms with van der Waals surface area (Å²) in [6, 6.07) is 0.0185. The molecule has 0 aliphatic carbocycles. The Morgan fingerprint density at radius 3 is 2.80 bits per heavy atom. The second kappa shape index (κ2) is 5.34. The van der Waals surface area contributed by atoms with E-state index in [0.29, 0.717) is 10.9 Å². The smallest absolute Gasteiger partial charge is 0.344 e. The highest BCUT2D eigenvalue weighted by Gasteiger charge is 2.13. The average Bonchev–Trinajstić information content (AvgIpc) is 2.56. The van der Waals surface area contributed by atoms with Gasteiger partial charge < -0.3 is 10.2 Å². The van der Waals surface area contributed by atoms with Crippen molar-refractivity contribution in [3.05, 3.63) is 10.5 Å².